The van der Waals surface area contributed by atoms with Gasteiger partial charge < -0.3 is 5.32 Å². The second kappa shape index (κ2) is 6.52. The van der Waals surface area contributed by atoms with Crippen molar-refractivity contribution in [2.75, 3.05) is 0 Å². The molecule has 1 aromatic carbocycles. The van der Waals surface area contributed by atoms with Crippen LogP contribution in [0.4, 0.5) is 0 Å². The van der Waals surface area contributed by atoms with Gasteiger partial charge in [-0.15, -0.1) is 0 Å². The van der Waals surface area contributed by atoms with Crippen molar-refractivity contribution in [3.8, 4) is 0 Å². The summed E-state index contributed by atoms with van der Waals surface area (Å²) < 4.78 is 1.74. The number of hydrogen-bond donors (Lipinski definition) is 1. The van der Waals surface area contributed by atoms with Crippen LogP contribution in [0.15, 0.2) is 30.9 Å². The Balaban J connectivity index is 2.11. The maximum Gasteiger partial charge on any atom is 0.251 e. The maximum atomic E-state index is 12.5. The van der Waals surface area contributed by atoms with Crippen LogP contribution < -0.4 is 5.32 Å². The van der Waals surface area contributed by atoms with Crippen LogP contribution in [0.3, 0.4) is 0 Å². The minimum atomic E-state index is -0.0358. The number of nitrogens with zero attached hydrogens (tertiary/aromatic N) is 3. The number of carbonyl (C=O) groups is 1. The molecule has 0 bridgehead atoms. The SMILES string of the molecule is Cc1ccc(C(=O)NC(Cn2cncn2)C(C)C)c(C)c1. The molecule has 0 saturated carbocycles. The maximum absolute atomic E-state index is 12.5. The Kier molecular flexibility index (Phi) is 4.73. The van der Waals surface area contributed by atoms with Crippen molar-refractivity contribution in [3.05, 3.63) is 47.5 Å². The van der Waals surface area contributed by atoms with Crippen molar-refractivity contribution in [2.24, 2.45) is 5.92 Å². The zero-order chi connectivity index (χ0) is 15.4. The lowest BCUT2D eigenvalue weighted by atomic mass is 10.0. The molecule has 0 aliphatic carbocycles. The number of aryl methyl sites for hydroxylation is 2. The highest BCUT2D eigenvalue weighted by Crippen LogP contribution is 2.12. The molecule has 5 heteroatoms. The fourth-order valence-corrected chi connectivity index (χ4v) is 2.27. The van der Waals surface area contributed by atoms with Crippen molar-refractivity contribution in [3.63, 3.8) is 0 Å². The molecule has 1 aromatic heterocycles. The molecular formula is C16H22N4O. The van der Waals surface area contributed by atoms with E-state index in [1.165, 1.54) is 6.33 Å². The molecule has 0 aliphatic heterocycles. The number of nitrogens with one attached hydrogen (secondary N) is 1. The Bertz CT molecular complexity index is 605. The molecule has 0 fully saturated rings. The summed E-state index contributed by atoms with van der Waals surface area (Å²) in [4.78, 5) is 16.4. The summed E-state index contributed by atoms with van der Waals surface area (Å²) in [6, 6.07) is 5.88. The molecule has 5 nitrogen and oxygen atoms in total. The molecule has 0 saturated heterocycles. The minimum Gasteiger partial charge on any atom is -0.347 e. The summed E-state index contributed by atoms with van der Waals surface area (Å²) >= 11 is 0. The standard InChI is InChI=1S/C16H22N4O/c1-11(2)15(8-20-10-17-9-18-20)19-16(21)14-6-5-12(3)7-13(14)4/h5-7,9-11,15H,8H2,1-4H3,(H,19,21). The fraction of sp³-hybridized carbons (Fsp3) is 0.438. The van der Waals surface area contributed by atoms with Crippen molar-refractivity contribution in [2.45, 2.75) is 40.3 Å². The lowest BCUT2D eigenvalue weighted by molar-refractivity contribution is 0.0918. The molecule has 21 heavy (non-hydrogen) atoms. The summed E-state index contributed by atoms with van der Waals surface area (Å²) in [5.74, 6) is 0.273. The van der Waals surface area contributed by atoms with Crippen LogP contribution >= 0.6 is 0 Å². The predicted octanol–water partition coefficient (Wildman–Crippen LogP) is 2.35. The quantitative estimate of drug-likeness (QED) is 0.918. The largest absolute Gasteiger partial charge is 0.347 e. The third-order valence-corrected chi connectivity index (χ3v) is 3.60. The van der Waals surface area contributed by atoms with Gasteiger partial charge in [0.1, 0.15) is 12.7 Å². The Morgan fingerprint density at radius 1 is 1.33 bits per heavy atom. The zero-order valence-electron chi connectivity index (χ0n) is 13.0. The van der Waals surface area contributed by atoms with Gasteiger partial charge in [0.25, 0.3) is 5.91 Å². The van der Waals surface area contributed by atoms with Crippen LogP contribution in [-0.4, -0.2) is 26.7 Å². The van der Waals surface area contributed by atoms with E-state index in [0.717, 1.165) is 16.7 Å². The second-order valence-corrected chi connectivity index (χ2v) is 5.76. The van der Waals surface area contributed by atoms with Gasteiger partial charge in [-0.1, -0.05) is 31.5 Å². The van der Waals surface area contributed by atoms with E-state index in [2.05, 4.69) is 29.2 Å². The molecule has 0 radical (unpaired) electrons. The van der Waals surface area contributed by atoms with Gasteiger partial charge in [0.05, 0.1) is 12.6 Å². The van der Waals surface area contributed by atoms with Crippen molar-refractivity contribution < 1.29 is 4.79 Å². The zero-order valence-corrected chi connectivity index (χ0v) is 13.0. The van der Waals surface area contributed by atoms with Gasteiger partial charge in [0.15, 0.2) is 0 Å². The van der Waals surface area contributed by atoms with E-state index in [4.69, 9.17) is 0 Å². The van der Waals surface area contributed by atoms with Crippen molar-refractivity contribution >= 4 is 5.91 Å². The molecule has 0 aliphatic rings. The summed E-state index contributed by atoms with van der Waals surface area (Å²) in [6.07, 6.45) is 3.17. The van der Waals surface area contributed by atoms with Gasteiger partial charge >= 0.3 is 0 Å². The van der Waals surface area contributed by atoms with E-state index in [-0.39, 0.29) is 11.9 Å². The van der Waals surface area contributed by atoms with Crippen LogP contribution in [0.2, 0.25) is 0 Å². The highest BCUT2D eigenvalue weighted by Gasteiger charge is 2.19. The van der Waals surface area contributed by atoms with Gasteiger partial charge in [0, 0.05) is 5.56 Å². The third-order valence-electron chi connectivity index (χ3n) is 3.60. The number of hydrogen-bond acceptors (Lipinski definition) is 3. The molecule has 1 unspecified atom stereocenters. The van der Waals surface area contributed by atoms with E-state index in [0.29, 0.717) is 12.5 Å². The third kappa shape index (κ3) is 3.90. The fourth-order valence-electron chi connectivity index (χ4n) is 2.27. The summed E-state index contributed by atoms with van der Waals surface area (Å²) in [5.41, 5.74) is 2.88. The van der Waals surface area contributed by atoms with Crippen LogP contribution in [0.25, 0.3) is 0 Å². The van der Waals surface area contributed by atoms with Gasteiger partial charge in [-0.3, -0.25) is 9.48 Å². The Morgan fingerprint density at radius 3 is 2.67 bits per heavy atom. The molecular weight excluding hydrogens is 264 g/mol. The minimum absolute atomic E-state index is 0.0138. The highest BCUT2D eigenvalue weighted by atomic mass is 16.1. The number of amides is 1. The van der Waals surface area contributed by atoms with Crippen LogP contribution in [-0.2, 0) is 6.54 Å². The number of rotatable bonds is 5. The first-order chi connectivity index (χ1) is 9.97. The molecule has 112 valence electrons. The summed E-state index contributed by atoms with van der Waals surface area (Å²) in [5, 5.41) is 7.21. The van der Waals surface area contributed by atoms with Gasteiger partial charge in [-0.05, 0) is 31.4 Å². The van der Waals surface area contributed by atoms with Crippen LogP contribution in [0, 0.1) is 19.8 Å². The predicted molar refractivity (Wildman–Crippen MR) is 82.0 cm³/mol. The van der Waals surface area contributed by atoms with Gasteiger partial charge in [0.2, 0.25) is 0 Å². The first-order valence-electron chi connectivity index (χ1n) is 7.18. The molecule has 1 atom stereocenters. The van der Waals surface area contributed by atoms with E-state index in [1.807, 2.05) is 32.0 Å². The molecule has 2 rings (SSSR count). The number of benzene rings is 1. The smallest absolute Gasteiger partial charge is 0.251 e. The lowest BCUT2D eigenvalue weighted by Gasteiger charge is -2.22. The Labute approximate surface area is 125 Å². The Morgan fingerprint density at radius 2 is 2.10 bits per heavy atom. The van der Waals surface area contributed by atoms with Crippen molar-refractivity contribution in [1.82, 2.24) is 20.1 Å². The molecule has 2 aromatic rings. The average Bonchev–Trinajstić information content (AvgIpc) is 2.90. The Hall–Kier alpha value is -2.17. The summed E-state index contributed by atoms with van der Waals surface area (Å²) in [6.45, 7) is 8.78. The summed E-state index contributed by atoms with van der Waals surface area (Å²) in [7, 11) is 0. The first-order valence-corrected chi connectivity index (χ1v) is 7.18. The molecule has 0 spiro atoms. The monoisotopic (exact) mass is 286 g/mol. The first kappa shape index (κ1) is 15.2. The number of carbonyl (C=O) groups excluding carboxylic acids is 1. The lowest BCUT2D eigenvalue weighted by Crippen LogP contribution is -2.41. The van der Waals surface area contributed by atoms with Crippen LogP contribution in [0.5, 0.6) is 0 Å². The van der Waals surface area contributed by atoms with E-state index < -0.39 is 0 Å². The van der Waals surface area contributed by atoms with Crippen molar-refractivity contribution in [1.29, 1.82) is 0 Å². The number of aromatic nitrogens is 3. The molecule has 1 heterocycles. The van der Waals surface area contributed by atoms with E-state index >= 15 is 0 Å². The second-order valence-electron chi connectivity index (χ2n) is 5.76. The van der Waals surface area contributed by atoms with E-state index in [9.17, 15) is 4.79 Å². The molecule has 1 amide bonds. The highest BCUT2D eigenvalue weighted by molar-refractivity contribution is 5.95. The van der Waals surface area contributed by atoms with Gasteiger partial charge in [-0.25, -0.2) is 4.98 Å². The topological polar surface area (TPSA) is 59.8 Å². The molecule has 1 N–H and O–H groups in total. The normalized spacial score (nSPS) is 12.4. The van der Waals surface area contributed by atoms with Crippen LogP contribution in [0.1, 0.15) is 35.3 Å². The average molecular weight is 286 g/mol. The van der Waals surface area contributed by atoms with E-state index in [1.54, 1.807) is 11.0 Å². The van der Waals surface area contributed by atoms with Gasteiger partial charge in [-0.2, -0.15) is 5.10 Å².